The molecule has 2 rings (SSSR count). The summed E-state index contributed by atoms with van der Waals surface area (Å²) in [4.78, 5) is 104. The van der Waals surface area contributed by atoms with Gasteiger partial charge < -0.3 is 45.3 Å². The van der Waals surface area contributed by atoms with E-state index < -0.39 is 72.5 Å². The lowest BCUT2D eigenvalue weighted by Crippen LogP contribution is -2.45. The Bertz CT molecular complexity index is 1490. The van der Waals surface area contributed by atoms with Gasteiger partial charge in [-0.3, -0.25) is 38.5 Å². The number of carboxylic acid groups (broad SMARTS) is 5. The molecule has 0 aliphatic rings. The molecule has 0 bridgehead atoms. The van der Waals surface area contributed by atoms with Crippen LogP contribution in [0.4, 0.5) is 0 Å². The molecule has 2 aromatic heterocycles. The fraction of sp³-hybridized carbons (Fsp3) is 0.500. The normalized spacial score (nSPS) is 11.9. The van der Waals surface area contributed by atoms with Crippen molar-refractivity contribution in [3.05, 3.63) is 36.4 Å². The highest BCUT2D eigenvalue weighted by molar-refractivity contribution is 5.94. The molecule has 0 aromatic carbocycles. The number of carbonyl (C=O) groups is 8. The van der Waals surface area contributed by atoms with Gasteiger partial charge >= 0.3 is 29.8 Å². The lowest BCUT2D eigenvalue weighted by molar-refractivity contribution is -0.157. The van der Waals surface area contributed by atoms with Crippen LogP contribution in [0.25, 0.3) is 0 Å². The first-order chi connectivity index (χ1) is 22.5. The van der Waals surface area contributed by atoms with Crippen LogP contribution in [0.5, 0.6) is 0 Å². The lowest BCUT2D eigenvalue weighted by Gasteiger charge is -2.23. The minimum absolute atomic E-state index is 0.0186. The van der Waals surface area contributed by atoms with Crippen molar-refractivity contribution >= 4 is 47.4 Å². The smallest absolute Gasteiger partial charge is 0.326 e. The minimum Gasteiger partial charge on any atom is -0.481 e. The number of imidazole rings is 2. The molecular formula is C28H37N7O13. The molecule has 20 heteroatoms. The Morgan fingerprint density at radius 2 is 1.21 bits per heavy atom. The van der Waals surface area contributed by atoms with E-state index in [1.807, 2.05) is 0 Å². The monoisotopic (exact) mass is 679 g/mol. The molecule has 0 radical (unpaired) electrons. The lowest BCUT2D eigenvalue weighted by atomic mass is 10.00. The van der Waals surface area contributed by atoms with Crippen LogP contribution in [-0.4, -0.2) is 116 Å². The van der Waals surface area contributed by atoms with E-state index in [0.717, 1.165) is 0 Å². The maximum Gasteiger partial charge on any atom is 0.326 e. The molecule has 2 heterocycles. The predicted octanol–water partition coefficient (Wildman–Crippen LogP) is -1.66. The molecule has 0 saturated heterocycles. The van der Waals surface area contributed by atoms with Crippen LogP contribution in [-0.2, 0) is 64.5 Å². The van der Waals surface area contributed by atoms with Crippen LogP contribution in [0, 0.1) is 17.8 Å². The van der Waals surface area contributed by atoms with Gasteiger partial charge in [0.1, 0.15) is 36.6 Å². The maximum absolute atomic E-state index is 12.7. The molecule has 0 aliphatic carbocycles. The number of rotatable bonds is 22. The third-order valence-electron chi connectivity index (χ3n) is 7.04. The Kier molecular flexibility index (Phi) is 14.3. The molecule has 0 spiro atoms. The van der Waals surface area contributed by atoms with Crippen molar-refractivity contribution < 1.29 is 63.9 Å². The Morgan fingerprint density at radius 1 is 0.729 bits per heavy atom. The van der Waals surface area contributed by atoms with Gasteiger partial charge in [-0.25, -0.2) is 14.8 Å². The Morgan fingerprint density at radius 3 is 1.65 bits per heavy atom. The van der Waals surface area contributed by atoms with Gasteiger partial charge in [0.2, 0.25) is 11.8 Å². The fourth-order valence-corrected chi connectivity index (χ4v) is 4.32. The van der Waals surface area contributed by atoms with E-state index >= 15 is 0 Å². The number of nitrogens with one attached hydrogen (secondary N) is 2. The summed E-state index contributed by atoms with van der Waals surface area (Å²) in [5.74, 6) is -13.3. The number of carboxylic acids is 5. The summed E-state index contributed by atoms with van der Waals surface area (Å²) in [5.41, 5.74) is 0. The summed E-state index contributed by atoms with van der Waals surface area (Å²) in [6, 6.07) is -1.81. The summed E-state index contributed by atoms with van der Waals surface area (Å²) >= 11 is 0. The summed E-state index contributed by atoms with van der Waals surface area (Å²) in [5, 5.41) is 50.2. The van der Waals surface area contributed by atoms with E-state index in [9.17, 15) is 43.5 Å². The van der Waals surface area contributed by atoms with Crippen molar-refractivity contribution in [3.63, 3.8) is 0 Å². The van der Waals surface area contributed by atoms with E-state index in [1.165, 1.54) is 33.9 Å². The molecule has 1 unspecified atom stereocenters. The molecular weight excluding hydrogens is 642 g/mol. The number of Topliss-reactive ketones (excluding diaryl/α,β-unsaturated/α-hetero) is 1. The highest BCUT2D eigenvalue weighted by Gasteiger charge is 2.33. The van der Waals surface area contributed by atoms with Gasteiger partial charge in [0, 0.05) is 43.7 Å². The highest BCUT2D eigenvalue weighted by Crippen LogP contribution is 2.12. The van der Waals surface area contributed by atoms with Crippen LogP contribution >= 0.6 is 0 Å². The zero-order valence-electron chi connectivity index (χ0n) is 26.0. The number of carbonyl (C=O) groups excluding carboxylic acids is 3. The van der Waals surface area contributed by atoms with Crippen LogP contribution in [0.1, 0.15) is 38.3 Å². The minimum atomic E-state index is -2.07. The average molecular weight is 680 g/mol. The van der Waals surface area contributed by atoms with E-state index in [-0.39, 0.29) is 56.7 Å². The Balaban J connectivity index is 2.15. The van der Waals surface area contributed by atoms with Crippen molar-refractivity contribution in [2.24, 2.45) is 17.8 Å². The van der Waals surface area contributed by atoms with E-state index in [0.29, 0.717) is 5.82 Å². The standard InChI is InChI=1S/C28H37N7O13/c1-15(2)19(36)10-33(11-20-29-5-7-34(20)13-22(37)31-4-3-16(24(39)40)25(41)42)12-21-30-6-8-35(21)14-23(38)32-18(28(47)48)9-17(26(43)44)27(45)46/h5-8,15-18H,3-4,9-14H2,1-2H3,(H,31,37)(H,32,38)(H,39,40)(H,41,42)(H,43,44)(H,45,46)(H,47,48). The van der Waals surface area contributed by atoms with Crippen molar-refractivity contribution in [1.82, 2.24) is 34.6 Å². The Hall–Kier alpha value is -5.66. The van der Waals surface area contributed by atoms with Gasteiger partial charge in [-0.2, -0.15) is 0 Å². The summed E-state index contributed by atoms with van der Waals surface area (Å²) < 4.78 is 2.83. The van der Waals surface area contributed by atoms with Gasteiger partial charge in [0.25, 0.3) is 0 Å². The van der Waals surface area contributed by atoms with Gasteiger partial charge in [-0.15, -0.1) is 0 Å². The van der Waals surface area contributed by atoms with Crippen LogP contribution < -0.4 is 10.6 Å². The number of aromatic nitrogens is 4. The third kappa shape index (κ3) is 11.9. The largest absolute Gasteiger partial charge is 0.481 e. The zero-order valence-corrected chi connectivity index (χ0v) is 26.0. The molecule has 48 heavy (non-hydrogen) atoms. The maximum atomic E-state index is 12.7. The van der Waals surface area contributed by atoms with Gasteiger partial charge in [-0.1, -0.05) is 13.8 Å². The predicted molar refractivity (Wildman–Crippen MR) is 158 cm³/mol. The number of nitrogens with zero attached hydrogens (tertiary/aromatic N) is 5. The van der Waals surface area contributed by atoms with Crippen molar-refractivity contribution in [3.8, 4) is 0 Å². The molecule has 20 nitrogen and oxygen atoms in total. The van der Waals surface area contributed by atoms with Gasteiger partial charge in [0.05, 0.1) is 19.6 Å². The van der Waals surface area contributed by atoms with Crippen molar-refractivity contribution in [2.45, 2.75) is 58.9 Å². The van der Waals surface area contributed by atoms with E-state index in [1.54, 1.807) is 18.7 Å². The number of ketones is 1. The number of amides is 2. The zero-order chi connectivity index (χ0) is 36.1. The molecule has 1 atom stereocenters. The second-order valence-electron chi connectivity index (χ2n) is 11.0. The summed E-state index contributed by atoms with van der Waals surface area (Å²) in [7, 11) is 0. The molecule has 0 fully saturated rings. The summed E-state index contributed by atoms with van der Waals surface area (Å²) in [6.45, 7) is 2.38. The van der Waals surface area contributed by atoms with Crippen LogP contribution in [0.15, 0.2) is 24.8 Å². The van der Waals surface area contributed by atoms with Crippen LogP contribution in [0.2, 0.25) is 0 Å². The average Bonchev–Trinajstić information content (AvgIpc) is 3.60. The van der Waals surface area contributed by atoms with Crippen molar-refractivity contribution in [2.75, 3.05) is 13.1 Å². The highest BCUT2D eigenvalue weighted by atomic mass is 16.4. The topological polar surface area (TPSA) is 301 Å². The molecule has 0 aliphatic heterocycles. The first-order valence-corrected chi connectivity index (χ1v) is 14.4. The SMILES string of the molecule is CC(C)C(=O)CN(Cc1nccn1CC(=O)NCCC(C(=O)O)C(=O)O)Cc1nccn1CC(=O)NC(CC(C(=O)O)C(=O)O)C(=O)O. The van der Waals surface area contributed by atoms with Gasteiger partial charge in [0.15, 0.2) is 11.8 Å². The first-order valence-electron chi connectivity index (χ1n) is 14.4. The fourth-order valence-electron chi connectivity index (χ4n) is 4.32. The second-order valence-corrected chi connectivity index (χ2v) is 11.0. The molecule has 2 aromatic rings. The van der Waals surface area contributed by atoms with Crippen LogP contribution in [0.3, 0.4) is 0 Å². The molecule has 7 N–H and O–H groups in total. The van der Waals surface area contributed by atoms with Crippen molar-refractivity contribution in [1.29, 1.82) is 0 Å². The van der Waals surface area contributed by atoms with E-state index in [4.69, 9.17) is 20.4 Å². The van der Waals surface area contributed by atoms with Gasteiger partial charge in [-0.05, 0) is 6.42 Å². The molecule has 0 saturated carbocycles. The second kappa shape index (κ2) is 17.9. The number of aliphatic carboxylic acids is 5. The quantitative estimate of drug-likeness (QED) is 0.0685. The summed E-state index contributed by atoms with van der Waals surface area (Å²) in [6.07, 6.45) is 4.45. The van der Waals surface area contributed by atoms with E-state index in [2.05, 4.69) is 20.6 Å². The number of hydrogen-bond acceptors (Lipinski definition) is 11. The first kappa shape index (κ1) is 38.5. The number of hydrogen-bond donors (Lipinski definition) is 7. The molecule has 2 amide bonds. The Labute approximate surface area is 272 Å². The third-order valence-corrected chi connectivity index (χ3v) is 7.04. The molecule has 262 valence electrons.